The van der Waals surface area contributed by atoms with E-state index < -0.39 is 0 Å². The summed E-state index contributed by atoms with van der Waals surface area (Å²) in [5, 5.41) is 8.71. The monoisotopic (exact) mass is 421 g/mol. The number of halogens is 2. The van der Waals surface area contributed by atoms with Gasteiger partial charge in [-0.25, -0.2) is 4.39 Å². The van der Waals surface area contributed by atoms with E-state index in [0.29, 0.717) is 28.4 Å². The van der Waals surface area contributed by atoms with Gasteiger partial charge in [-0.3, -0.25) is 4.79 Å². The summed E-state index contributed by atoms with van der Waals surface area (Å²) in [7, 11) is 1.69. The SMILES string of the molecule is CN(Cc1ccc(F)cc1)C(=O)CSc1nnc(COc2ccc(Cl)cc2)o1. The van der Waals surface area contributed by atoms with Crippen molar-refractivity contribution in [3.63, 3.8) is 0 Å². The molecule has 6 nitrogen and oxygen atoms in total. The van der Waals surface area contributed by atoms with Gasteiger partial charge in [-0.15, -0.1) is 10.2 Å². The first kappa shape index (κ1) is 20.2. The van der Waals surface area contributed by atoms with Crippen molar-refractivity contribution in [1.29, 1.82) is 0 Å². The van der Waals surface area contributed by atoms with Gasteiger partial charge in [0.15, 0.2) is 6.61 Å². The molecule has 0 aliphatic heterocycles. The zero-order chi connectivity index (χ0) is 19.9. The molecule has 1 heterocycles. The maximum Gasteiger partial charge on any atom is 0.277 e. The number of hydrogen-bond acceptors (Lipinski definition) is 6. The largest absolute Gasteiger partial charge is 0.484 e. The minimum Gasteiger partial charge on any atom is -0.484 e. The molecule has 0 saturated carbocycles. The second kappa shape index (κ2) is 9.57. The summed E-state index contributed by atoms with van der Waals surface area (Å²) >= 11 is 6.97. The molecule has 3 rings (SSSR count). The lowest BCUT2D eigenvalue weighted by Gasteiger charge is -2.16. The summed E-state index contributed by atoms with van der Waals surface area (Å²) in [6.45, 7) is 0.511. The predicted molar refractivity (Wildman–Crippen MR) is 104 cm³/mol. The van der Waals surface area contributed by atoms with Crippen LogP contribution in [-0.2, 0) is 17.9 Å². The maximum absolute atomic E-state index is 12.9. The van der Waals surface area contributed by atoms with Crippen LogP contribution in [0.1, 0.15) is 11.5 Å². The van der Waals surface area contributed by atoms with Crippen LogP contribution in [-0.4, -0.2) is 33.8 Å². The third-order valence-electron chi connectivity index (χ3n) is 3.70. The molecule has 0 spiro atoms. The van der Waals surface area contributed by atoms with Crippen LogP contribution in [0.15, 0.2) is 58.2 Å². The number of ether oxygens (including phenoxy) is 1. The van der Waals surface area contributed by atoms with Crippen molar-refractivity contribution in [2.75, 3.05) is 12.8 Å². The molecular formula is C19H17ClFN3O3S. The predicted octanol–water partition coefficient (Wildman–Crippen LogP) is 4.19. The molecule has 0 atom stereocenters. The Balaban J connectivity index is 1.44. The molecule has 1 amide bonds. The third kappa shape index (κ3) is 5.97. The smallest absolute Gasteiger partial charge is 0.277 e. The Morgan fingerprint density at radius 2 is 1.89 bits per heavy atom. The summed E-state index contributed by atoms with van der Waals surface area (Å²) in [6, 6.07) is 13.0. The molecule has 3 aromatic rings. The average molecular weight is 422 g/mol. The number of rotatable bonds is 8. The minimum absolute atomic E-state index is 0.105. The van der Waals surface area contributed by atoms with E-state index in [4.69, 9.17) is 20.8 Å². The molecule has 9 heteroatoms. The molecule has 28 heavy (non-hydrogen) atoms. The third-order valence-corrected chi connectivity index (χ3v) is 4.76. The number of carbonyl (C=O) groups excluding carboxylic acids is 1. The molecule has 1 aromatic heterocycles. The fraction of sp³-hybridized carbons (Fsp3) is 0.211. The molecule has 0 N–H and O–H groups in total. The topological polar surface area (TPSA) is 68.5 Å². The molecule has 0 fully saturated rings. The molecule has 0 aliphatic rings. The Bertz CT molecular complexity index is 919. The van der Waals surface area contributed by atoms with Crippen LogP contribution >= 0.6 is 23.4 Å². The summed E-state index contributed by atoms with van der Waals surface area (Å²) in [6.07, 6.45) is 0. The van der Waals surface area contributed by atoms with E-state index in [0.717, 1.165) is 17.3 Å². The van der Waals surface area contributed by atoms with Crippen molar-refractivity contribution in [3.05, 3.63) is 70.8 Å². The maximum atomic E-state index is 12.9. The second-order valence-corrected chi connectivity index (χ2v) is 7.23. The lowest BCUT2D eigenvalue weighted by atomic mass is 10.2. The van der Waals surface area contributed by atoms with Crippen molar-refractivity contribution >= 4 is 29.3 Å². The molecule has 0 unspecified atom stereocenters. The highest BCUT2D eigenvalue weighted by Crippen LogP contribution is 2.19. The number of benzene rings is 2. The van der Waals surface area contributed by atoms with Crippen LogP contribution in [0, 0.1) is 5.82 Å². The Morgan fingerprint density at radius 3 is 2.61 bits per heavy atom. The fourth-order valence-corrected chi connectivity index (χ4v) is 3.06. The number of nitrogens with zero attached hydrogens (tertiary/aromatic N) is 3. The molecule has 2 aromatic carbocycles. The Hall–Kier alpha value is -2.58. The van der Waals surface area contributed by atoms with Gasteiger partial charge in [0.1, 0.15) is 11.6 Å². The Kier molecular flexibility index (Phi) is 6.89. The molecule has 0 bridgehead atoms. The van der Waals surface area contributed by atoms with Crippen molar-refractivity contribution < 1.29 is 18.3 Å². The zero-order valence-electron chi connectivity index (χ0n) is 15.0. The lowest BCUT2D eigenvalue weighted by molar-refractivity contribution is -0.127. The van der Waals surface area contributed by atoms with Crippen molar-refractivity contribution in [1.82, 2.24) is 15.1 Å². The van der Waals surface area contributed by atoms with Crippen molar-refractivity contribution in [2.45, 2.75) is 18.4 Å². The van der Waals surface area contributed by atoms with Crippen molar-refractivity contribution in [3.8, 4) is 5.75 Å². The van der Waals surface area contributed by atoms with E-state index in [9.17, 15) is 9.18 Å². The highest BCUT2D eigenvalue weighted by molar-refractivity contribution is 7.99. The van der Waals surface area contributed by atoms with Gasteiger partial charge in [0.05, 0.1) is 5.75 Å². The number of amides is 1. The molecule has 146 valence electrons. The van der Waals surface area contributed by atoms with E-state index in [1.54, 1.807) is 48.3 Å². The van der Waals surface area contributed by atoms with Crippen LogP contribution in [0.3, 0.4) is 0 Å². The second-order valence-electron chi connectivity index (χ2n) is 5.87. The van der Waals surface area contributed by atoms with Crippen LogP contribution in [0.25, 0.3) is 0 Å². The van der Waals surface area contributed by atoms with Gasteiger partial charge < -0.3 is 14.1 Å². The first-order chi connectivity index (χ1) is 13.5. The van der Waals surface area contributed by atoms with Crippen LogP contribution < -0.4 is 4.74 Å². The lowest BCUT2D eigenvalue weighted by Crippen LogP contribution is -2.27. The van der Waals surface area contributed by atoms with E-state index in [1.807, 2.05) is 0 Å². The quantitative estimate of drug-likeness (QED) is 0.508. The summed E-state index contributed by atoms with van der Waals surface area (Å²) in [4.78, 5) is 13.8. The van der Waals surface area contributed by atoms with Gasteiger partial charge >= 0.3 is 0 Å². The van der Waals surface area contributed by atoms with E-state index >= 15 is 0 Å². The van der Waals surface area contributed by atoms with Gasteiger partial charge in [0.2, 0.25) is 5.91 Å². The molecular weight excluding hydrogens is 405 g/mol. The van der Waals surface area contributed by atoms with E-state index in [1.165, 1.54) is 12.1 Å². The van der Waals surface area contributed by atoms with E-state index in [2.05, 4.69) is 10.2 Å². The number of thioether (sulfide) groups is 1. The van der Waals surface area contributed by atoms with Crippen LogP contribution in [0.2, 0.25) is 5.02 Å². The first-order valence-electron chi connectivity index (χ1n) is 8.31. The van der Waals surface area contributed by atoms with Gasteiger partial charge in [-0.2, -0.15) is 0 Å². The highest BCUT2D eigenvalue weighted by atomic mass is 35.5. The van der Waals surface area contributed by atoms with Crippen LogP contribution in [0.5, 0.6) is 5.75 Å². The fourth-order valence-electron chi connectivity index (χ4n) is 2.22. The zero-order valence-corrected chi connectivity index (χ0v) is 16.5. The normalized spacial score (nSPS) is 10.7. The molecule has 0 aliphatic carbocycles. The Morgan fingerprint density at radius 1 is 1.18 bits per heavy atom. The summed E-state index contributed by atoms with van der Waals surface area (Å²) in [5.74, 6) is 0.683. The highest BCUT2D eigenvalue weighted by Gasteiger charge is 2.14. The van der Waals surface area contributed by atoms with E-state index in [-0.39, 0.29) is 24.1 Å². The van der Waals surface area contributed by atoms with Crippen LogP contribution in [0.4, 0.5) is 4.39 Å². The molecule has 0 radical (unpaired) electrons. The summed E-state index contributed by atoms with van der Waals surface area (Å²) < 4.78 is 23.9. The Labute approximate surface area is 170 Å². The molecule has 0 saturated heterocycles. The average Bonchev–Trinajstić information content (AvgIpc) is 3.15. The number of aromatic nitrogens is 2. The van der Waals surface area contributed by atoms with Gasteiger partial charge in [0, 0.05) is 18.6 Å². The number of carbonyl (C=O) groups is 1. The minimum atomic E-state index is -0.305. The van der Waals surface area contributed by atoms with Crippen molar-refractivity contribution in [2.24, 2.45) is 0 Å². The number of hydrogen-bond donors (Lipinski definition) is 0. The van der Waals surface area contributed by atoms with Gasteiger partial charge in [-0.1, -0.05) is 35.5 Å². The first-order valence-corrected chi connectivity index (χ1v) is 9.68. The standard InChI is InChI=1S/C19H17ClFN3O3S/c1-24(10-13-2-6-15(21)7-3-13)18(25)12-28-19-23-22-17(27-19)11-26-16-8-4-14(20)5-9-16/h2-9H,10-12H2,1H3. The summed E-state index contributed by atoms with van der Waals surface area (Å²) in [5.41, 5.74) is 0.849. The van der Waals surface area contributed by atoms with Gasteiger partial charge in [-0.05, 0) is 42.0 Å². The van der Waals surface area contributed by atoms with Gasteiger partial charge in [0.25, 0.3) is 11.1 Å².